The number of nitrogens with zero attached hydrogens (tertiary/aromatic N) is 1. The van der Waals surface area contributed by atoms with E-state index in [1.54, 1.807) is 7.11 Å². The molecule has 1 aromatic heterocycles. The Bertz CT molecular complexity index is 517. The maximum absolute atomic E-state index is 5.14. The zero-order valence-electron chi connectivity index (χ0n) is 10.7. The van der Waals surface area contributed by atoms with E-state index in [0.29, 0.717) is 11.1 Å². The van der Waals surface area contributed by atoms with Crippen LogP contribution < -0.4 is 4.74 Å². The maximum Gasteiger partial charge on any atom is 0.273 e. The number of hydrogen-bond donors (Lipinski definition) is 0. The van der Waals surface area contributed by atoms with Crippen LogP contribution in [-0.4, -0.2) is 12.1 Å². The third-order valence-corrected chi connectivity index (χ3v) is 3.66. The van der Waals surface area contributed by atoms with Gasteiger partial charge in [-0.3, -0.25) is 0 Å². The molecular formula is C14H17NOS. The highest BCUT2D eigenvalue weighted by Crippen LogP contribution is 2.30. The fourth-order valence-corrected chi connectivity index (χ4v) is 2.39. The van der Waals surface area contributed by atoms with E-state index in [-0.39, 0.29) is 0 Å². The van der Waals surface area contributed by atoms with Gasteiger partial charge in [-0.2, -0.15) is 0 Å². The second-order valence-corrected chi connectivity index (χ2v) is 5.25. The summed E-state index contributed by atoms with van der Waals surface area (Å²) in [5, 5.41) is 2.76. The Balaban J connectivity index is 2.46. The Labute approximate surface area is 106 Å². The molecule has 0 aliphatic heterocycles. The largest absolute Gasteiger partial charge is 0.473 e. The van der Waals surface area contributed by atoms with Gasteiger partial charge < -0.3 is 4.74 Å². The highest BCUT2D eigenvalue weighted by atomic mass is 32.1. The van der Waals surface area contributed by atoms with Crippen molar-refractivity contribution in [3.63, 3.8) is 0 Å². The van der Waals surface area contributed by atoms with Crippen molar-refractivity contribution in [3.05, 3.63) is 34.7 Å². The second-order valence-electron chi connectivity index (χ2n) is 4.43. The number of methoxy groups -OCH3 is 1. The molecule has 0 amide bonds. The lowest BCUT2D eigenvalue weighted by Gasteiger charge is -2.09. The van der Waals surface area contributed by atoms with Crippen LogP contribution in [0.3, 0.4) is 0 Å². The van der Waals surface area contributed by atoms with Crippen molar-refractivity contribution in [2.24, 2.45) is 0 Å². The lowest BCUT2D eigenvalue weighted by Crippen LogP contribution is -1.91. The molecule has 2 nitrogen and oxygen atoms in total. The van der Waals surface area contributed by atoms with Gasteiger partial charge in [0.1, 0.15) is 0 Å². The first-order valence-electron chi connectivity index (χ1n) is 5.72. The van der Waals surface area contributed by atoms with E-state index in [1.807, 2.05) is 5.38 Å². The highest BCUT2D eigenvalue weighted by molar-refractivity contribution is 7.11. The minimum atomic E-state index is 0.537. The van der Waals surface area contributed by atoms with Crippen molar-refractivity contribution in [2.45, 2.75) is 26.7 Å². The number of rotatable bonds is 3. The molecule has 1 heterocycles. The van der Waals surface area contributed by atoms with Gasteiger partial charge in [0, 0.05) is 10.9 Å². The minimum Gasteiger partial charge on any atom is -0.473 e. The molecule has 0 saturated carbocycles. The van der Waals surface area contributed by atoms with Crippen molar-refractivity contribution in [1.29, 1.82) is 0 Å². The topological polar surface area (TPSA) is 22.1 Å². The summed E-state index contributed by atoms with van der Waals surface area (Å²) in [6.45, 7) is 6.53. The van der Waals surface area contributed by atoms with Crippen molar-refractivity contribution in [1.82, 2.24) is 4.98 Å². The van der Waals surface area contributed by atoms with Crippen LogP contribution in [0.5, 0.6) is 5.19 Å². The predicted molar refractivity (Wildman–Crippen MR) is 72.9 cm³/mol. The molecule has 3 heteroatoms. The Morgan fingerprint density at radius 2 is 2.06 bits per heavy atom. The van der Waals surface area contributed by atoms with Gasteiger partial charge >= 0.3 is 0 Å². The number of aryl methyl sites for hydroxylation is 1. The number of hydrogen-bond acceptors (Lipinski definition) is 3. The summed E-state index contributed by atoms with van der Waals surface area (Å²) in [5.74, 6) is 0.537. The van der Waals surface area contributed by atoms with Gasteiger partial charge in [0.25, 0.3) is 5.19 Å². The average molecular weight is 247 g/mol. The van der Waals surface area contributed by atoms with Gasteiger partial charge in [0.05, 0.1) is 12.8 Å². The third kappa shape index (κ3) is 2.50. The lowest BCUT2D eigenvalue weighted by molar-refractivity contribution is 0.412. The van der Waals surface area contributed by atoms with Crippen LogP contribution in [0.2, 0.25) is 0 Å². The zero-order chi connectivity index (χ0) is 12.4. The molecule has 0 radical (unpaired) electrons. The van der Waals surface area contributed by atoms with Crippen LogP contribution >= 0.6 is 11.3 Å². The van der Waals surface area contributed by atoms with Crippen LogP contribution in [0.4, 0.5) is 0 Å². The molecule has 2 aromatic rings. The molecule has 1 aromatic carbocycles. The first-order valence-corrected chi connectivity index (χ1v) is 6.60. The van der Waals surface area contributed by atoms with Crippen LogP contribution in [0.1, 0.15) is 30.9 Å². The molecule has 0 spiro atoms. The molecule has 0 aliphatic rings. The molecule has 0 aliphatic carbocycles. The van der Waals surface area contributed by atoms with E-state index in [0.717, 1.165) is 5.69 Å². The molecule has 0 atom stereocenters. The van der Waals surface area contributed by atoms with E-state index in [9.17, 15) is 0 Å². The molecule has 17 heavy (non-hydrogen) atoms. The van der Waals surface area contributed by atoms with E-state index < -0.39 is 0 Å². The molecule has 0 fully saturated rings. The smallest absolute Gasteiger partial charge is 0.273 e. The van der Waals surface area contributed by atoms with Gasteiger partial charge in [0.15, 0.2) is 0 Å². The summed E-state index contributed by atoms with van der Waals surface area (Å²) in [5.41, 5.74) is 4.81. The maximum atomic E-state index is 5.14. The molecule has 0 saturated heterocycles. The molecule has 0 N–H and O–H groups in total. The number of benzene rings is 1. The zero-order valence-corrected chi connectivity index (χ0v) is 11.5. The third-order valence-electron chi connectivity index (χ3n) is 2.86. The average Bonchev–Trinajstić information content (AvgIpc) is 2.77. The Kier molecular flexibility index (Phi) is 3.48. The Hall–Kier alpha value is -1.35. The summed E-state index contributed by atoms with van der Waals surface area (Å²) in [6.07, 6.45) is 0. The quantitative estimate of drug-likeness (QED) is 0.809. The van der Waals surface area contributed by atoms with Gasteiger partial charge in [-0.05, 0) is 30.0 Å². The van der Waals surface area contributed by atoms with Crippen molar-refractivity contribution in [2.75, 3.05) is 7.11 Å². The standard InChI is InChI=1S/C14H17NOS/c1-9(2)11-6-5-10(3)12(7-11)13-8-17-14(15-13)16-4/h5-9H,1-4H3. The summed E-state index contributed by atoms with van der Waals surface area (Å²) in [4.78, 5) is 4.46. The monoisotopic (exact) mass is 247 g/mol. The fraction of sp³-hybridized carbons (Fsp3) is 0.357. The first-order chi connectivity index (χ1) is 8.11. The number of thiazole rings is 1. The summed E-state index contributed by atoms with van der Waals surface area (Å²) in [7, 11) is 1.65. The predicted octanol–water partition coefficient (Wildman–Crippen LogP) is 4.25. The first kappa shape index (κ1) is 12.1. The van der Waals surface area contributed by atoms with E-state index in [1.165, 1.54) is 28.0 Å². The van der Waals surface area contributed by atoms with Crippen molar-refractivity contribution < 1.29 is 4.74 Å². The molecule has 0 unspecified atom stereocenters. The van der Waals surface area contributed by atoms with Gasteiger partial charge in [-0.1, -0.05) is 37.3 Å². The van der Waals surface area contributed by atoms with Gasteiger partial charge in [-0.25, -0.2) is 4.98 Å². The van der Waals surface area contributed by atoms with E-state index >= 15 is 0 Å². The van der Waals surface area contributed by atoms with E-state index in [4.69, 9.17) is 4.74 Å². The summed E-state index contributed by atoms with van der Waals surface area (Å²) in [6, 6.07) is 6.58. The molecule has 90 valence electrons. The normalized spacial score (nSPS) is 10.9. The number of ether oxygens (including phenoxy) is 1. The minimum absolute atomic E-state index is 0.537. The van der Waals surface area contributed by atoms with Gasteiger partial charge in [-0.15, -0.1) is 0 Å². The molecular weight excluding hydrogens is 230 g/mol. The summed E-state index contributed by atoms with van der Waals surface area (Å²) < 4.78 is 5.14. The van der Waals surface area contributed by atoms with Crippen LogP contribution in [0.25, 0.3) is 11.3 Å². The highest BCUT2D eigenvalue weighted by Gasteiger charge is 2.09. The Morgan fingerprint density at radius 3 is 2.65 bits per heavy atom. The van der Waals surface area contributed by atoms with Crippen molar-refractivity contribution >= 4 is 11.3 Å². The Morgan fingerprint density at radius 1 is 1.29 bits per heavy atom. The van der Waals surface area contributed by atoms with E-state index in [2.05, 4.69) is 44.0 Å². The van der Waals surface area contributed by atoms with Crippen LogP contribution in [0, 0.1) is 6.92 Å². The van der Waals surface area contributed by atoms with Gasteiger partial charge in [0.2, 0.25) is 0 Å². The summed E-state index contributed by atoms with van der Waals surface area (Å²) >= 11 is 1.53. The van der Waals surface area contributed by atoms with Crippen molar-refractivity contribution in [3.8, 4) is 16.5 Å². The SMILES string of the molecule is COc1nc(-c2cc(C(C)C)ccc2C)cs1. The fourth-order valence-electron chi connectivity index (χ4n) is 1.75. The lowest BCUT2D eigenvalue weighted by atomic mass is 9.97. The van der Waals surface area contributed by atoms with Crippen LogP contribution in [0.15, 0.2) is 23.6 Å². The molecule has 0 bridgehead atoms. The second kappa shape index (κ2) is 4.88. The molecule has 2 rings (SSSR count). The number of aromatic nitrogens is 1. The van der Waals surface area contributed by atoms with Crippen LogP contribution in [-0.2, 0) is 0 Å².